The van der Waals surface area contributed by atoms with Crippen LogP contribution in [-0.2, 0) is 25.6 Å². The van der Waals surface area contributed by atoms with Gasteiger partial charge in [-0.3, -0.25) is 9.59 Å². The monoisotopic (exact) mass is 464 g/mol. The van der Waals surface area contributed by atoms with Crippen molar-refractivity contribution >= 4 is 35.7 Å². The zero-order chi connectivity index (χ0) is 25.4. The molecule has 1 aromatic rings. The average Bonchev–Trinajstić information content (AvgIpc) is 2.62. The minimum atomic E-state index is -1.06. The number of ether oxygens (including phenoxy) is 2. The van der Waals surface area contributed by atoms with E-state index in [-0.39, 0.29) is 19.4 Å². The van der Waals surface area contributed by atoms with E-state index in [1.54, 1.807) is 65.8 Å². The third-order valence-corrected chi connectivity index (χ3v) is 3.63. The van der Waals surface area contributed by atoms with E-state index in [9.17, 15) is 19.2 Å². The van der Waals surface area contributed by atoms with E-state index >= 15 is 0 Å². The van der Waals surface area contributed by atoms with Crippen LogP contribution in [0.2, 0.25) is 0 Å². The van der Waals surface area contributed by atoms with Crippen LogP contribution in [0.15, 0.2) is 29.3 Å². The molecule has 4 N–H and O–H groups in total. The Bertz CT molecular complexity index is 897. The van der Waals surface area contributed by atoms with Gasteiger partial charge in [0.15, 0.2) is 0 Å². The molecule has 0 bridgehead atoms. The predicted octanol–water partition coefficient (Wildman–Crippen LogP) is 3.48. The highest BCUT2D eigenvalue weighted by atomic mass is 16.6. The van der Waals surface area contributed by atoms with Crippen molar-refractivity contribution in [1.82, 2.24) is 4.90 Å². The van der Waals surface area contributed by atoms with E-state index in [1.807, 2.05) is 0 Å². The quantitative estimate of drug-likeness (QED) is 0.426. The number of amides is 3. The predicted molar refractivity (Wildman–Crippen MR) is 122 cm³/mol. The number of aliphatic carboxylic acids is 1. The van der Waals surface area contributed by atoms with Gasteiger partial charge in [0.05, 0.1) is 13.0 Å². The largest absolute Gasteiger partial charge is 0.481 e. The summed E-state index contributed by atoms with van der Waals surface area (Å²) in [6.07, 6.45) is -2.18. The van der Waals surface area contributed by atoms with Crippen LogP contribution in [0.5, 0.6) is 0 Å². The van der Waals surface area contributed by atoms with Crippen molar-refractivity contribution < 1.29 is 33.8 Å². The van der Waals surface area contributed by atoms with E-state index in [0.29, 0.717) is 11.3 Å². The molecule has 0 saturated carbocycles. The van der Waals surface area contributed by atoms with Gasteiger partial charge in [-0.05, 0) is 59.2 Å². The zero-order valence-corrected chi connectivity index (χ0v) is 19.8. The first-order chi connectivity index (χ1) is 15.1. The number of carboxylic acid groups (broad SMARTS) is 1. The highest BCUT2D eigenvalue weighted by Crippen LogP contribution is 2.16. The van der Waals surface area contributed by atoms with Crippen molar-refractivity contribution in [3.63, 3.8) is 0 Å². The number of carbonyl (C=O) groups is 4. The molecule has 0 saturated heterocycles. The van der Waals surface area contributed by atoms with Crippen LogP contribution < -0.4 is 11.1 Å². The van der Waals surface area contributed by atoms with Crippen LogP contribution in [0.1, 0.15) is 59.9 Å². The van der Waals surface area contributed by atoms with E-state index in [2.05, 4.69) is 10.3 Å². The second-order valence-corrected chi connectivity index (χ2v) is 9.16. The maximum atomic E-state index is 12.7. The standard InChI is InChI=1S/C22H32N4O7/c1-21(2,3)32-19(30)25-18(23)26(20(31)33-22(4,5)6)13-14-7-9-15(10-8-14)24-16(27)11-12-17(28)29/h7-10H,11-13H2,1-6H3,(H,24,27)(H,28,29)(H2,23,25,30). The summed E-state index contributed by atoms with van der Waals surface area (Å²) >= 11 is 0. The van der Waals surface area contributed by atoms with Crippen molar-refractivity contribution in [2.45, 2.75) is 72.1 Å². The topological polar surface area (TPSA) is 161 Å². The normalized spacial score (nSPS) is 12.0. The Kier molecular flexibility index (Phi) is 9.38. The number of nitrogens with one attached hydrogen (secondary N) is 1. The first-order valence-corrected chi connectivity index (χ1v) is 10.2. The van der Waals surface area contributed by atoms with Gasteiger partial charge in [-0.15, -0.1) is 4.99 Å². The van der Waals surface area contributed by atoms with Crippen LogP contribution in [-0.4, -0.2) is 51.2 Å². The Morgan fingerprint density at radius 3 is 2.00 bits per heavy atom. The molecule has 3 amide bonds. The molecule has 33 heavy (non-hydrogen) atoms. The third kappa shape index (κ3) is 11.5. The summed E-state index contributed by atoms with van der Waals surface area (Å²) in [6.45, 7) is 10.0. The number of hydrogen-bond donors (Lipinski definition) is 3. The van der Waals surface area contributed by atoms with Gasteiger partial charge in [0, 0.05) is 12.1 Å². The fraction of sp³-hybridized carbons (Fsp3) is 0.500. The highest BCUT2D eigenvalue weighted by Gasteiger charge is 2.26. The fourth-order valence-corrected chi connectivity index (χ4v) is 2.31. The van der Waals surface area contributed by atoms with Crippen LogP contribution in [0.25, 0.3) is 0 Å². The number of nitrogens with zero attached hydrogens (tertiary/aromatic N) is 2. The molecule has 11 nitrogen and oxygen atoms in total. The van der Waals surface area contributed by atoms with Crippen LogP contribution in [0.4, 0.5) is 15.3 Å². The zero-order valence-electron chi connectivity index (χ0n) is 19.8. The number of nitrogens with two attached hydrogens (primary N) is 1. The molecule has 0 unspecified atom stereocenters. The first-order valence-electron chi connectivity index (χ1n) is 10.2. The van der Waals surface area contributed by atoms with Gasteiger partial charge < -0.3 is 25.6 Å². The third-order valence-electron chi connectivity index (χ3n) is 3.63. The number of aliphatic imine (C=N–C) groups is 1. The van der Waals surface area contributed by atoms with E-state index in [1.165, 1.54) is 0 Å². The molecule has 0 aliphatic carbocycles. The number of anilines is 1. The summed E-state index contributed by atoms with van der Waals surface area (Å²) in [5.74, 6) is -1.90. The Balaban J connectivity index is 3.01. The lowest BCUT2D eigenvalue weighted by Gasteiger charge is -2.27. The van der Waals surface area contributed by atoms with Crippen molar-refractivity contribution in [2.24, 2.45) is 10.7 Å². The van der Waals surface area contributed by atoms with E-state index in [4.69, 9.17) is 20.3 Å². The van der Waals surface area contributed by atoms with Gasteiger partial charge in [-0.25, -0.2) is 14.5 Å². The summed E-state index contributed by atoms with van der Waals surface area (Å²) in [5, 5.41) is 11.2. The molecule has 1 aromatic carbocycles. The van der Waals surface area contributed by atoms with Crippen molar-refractivity contribution in [3.05, 3.63) is 29.8 Å². The molecular formula is C22H32N4O7. The fourth-order valence-electron chi connectivity index (χ4n) is 2.31. The molecule has 0 aromatic heterocycles. The van der Waals surface area contributed by atoms with Gasteiger partial charge in [0.1, 0.15) is 11.2 Å². The lowest BCUT2D eigenvalue weighted by molar-refractivity contribution is -0.138. The molecular weight excluding hydrogens is 432 g/mol. The molecule has 0 heterocycles. The molecule has 182 valence electrons. The van der Waals surface area contributed by atoms with Crippen molar-refractivity contribution in [2.75, 3.05) is 5.32 Å². The summed E-state index contributed by atoms with van der Waals surface area (Å²) in [4.78, 5) is 51.7. The number of guanidine groups is 1. The SMILES string of the molecule is CC(C)(C)OC(=O)/N=C(\N)N(Cc1ccc(NC(=O)CCC(=O)O)cc1)C(=O)OC(C)(C)C. The lowest BCUT2D eigenvalue weighted by Crippen LogP contribution is -2.44. The van der Waals surface area contributed by atoms with Gasteiger partial charge in [-0.2, -0.15) is 0 Å². The molecule has 0 aliphatic heterocycles. The van der Waals surface area contributed by atoms with Crippen molar-refractivity contribution in [3.8, 4) is 0 Å². The highest BCUT2D eigenvalue weighted by molar-refractivity contribution is 5.98. The summed E-state index contributed by atoms with van der Waals surface area (Å²) in [6, 6.07) is 6.43. The number of benzene rings is 1. The van der Waals surface area contributed by atoms with E-state index in [0.717, 1.165) is 4.90 Å². The smallest absolute Gasteiger partial charge is 0.437 e. The van der Waals surface area contributed by atoms with Gasteiger partial charge in [0.25, 0.3) is 0 Å². The van der Waals surface area contributed by atoms with Crippen molar-refractivity contribution in [1.29, 1.82) is 0 Å². The minimum Gasteiger partial charge on any atom is -0.481 e. The second-order valence-electron chi connectivity index (χ2n) is 9.16. The van der Waals surface area contributed by atoms with Gasteiger partial charge >= 0.3 is 18.2 Å². The molecule has 0 aliphatic rings. The Morgan fingerprint density at radius 1 is 0.970 bits per heavy atom. The number of hydrogen-bond acceptors (Lipinski definition) is 6. The summed E-state index contributed by atoms with van der Waals surface area (Å²) in [7, 11) is 0. The molecule has 0 fully saturated rings. The van der Waals surface area contributed by atoms with Crippen LogP contribution in [0.3, 0.4) is 0 Å². The first kappa shape index (κ1) is 27.4. The number of carbonyl (C=O) groups excluding carboxylic acids is 3. The molecule has 11 heteroatoms. The summed E-state index contributed by atoms with van der Waals surface area (Å²) in [5.41, 5.74) is 5.38. The maximum Gasteiger partial charge on any atom is 0.437 e. The van der Waals surface area contributed by atoms with Gasteiger partial charge in [0.2, 0.25) is 11.9 Å². The Labute approximate surface area is 192 Å². The Hall–Kier alpha value is -3.63. The van der Waals surface area contributed by atoms with Crippen LogP contribution >= 0.6 is 0 Å². The molecule has 1 rings (SSSR count). The Morgan fingerprint density at radius 2 is 1.52 bits per heavy atom. The lowest BCUT2D eigenvalue weighted by atomic mass is 10.2. The molecule has 0 atom stereocenters. The number of rotatable bonds is 6. The number of carboxylic acids is 1. The maximum absolute atomic E-state index is 12.7. The summed E-state index contributed by atoms with van der Waals surface area (Å²) < 4.78 is 10.5. The van der Waals surface area contributed by atoms with E-state index < -0.39 is 41.2 Å². The molecule has 0 radical (unpaired) electrons. The minimum absolute atomic E-state index is 0.0692. The van der Waals surface area contributed by atoms with Crippen LogP contribution in [0, 0.1) is 0 Å². The second kappa shape index (κ2) is 11.3. The molecule has 0 spiro atoms. The van der Waals surface area contributed by atoms with Gasteiger partial charge in [-0.1, -0.05) is 12.1 Å². The average molecular weight is 465 g/mol.